The number of rotatable bonds is 5. The van der Waals surface area contributed by atoms with Gasteiger partial charge in [0.25, 0.3) is 0 Å². The molecule has 4 nitrogen and oxygen atoms in total. The molecule has 1 aliphatic heterocycles. The summed E-state index contributed by atoms with van der Waals surface area (Å²) in [6.07, 6.45) is 0.979. The van der Waals surface area contributed by atoms with Crippen molar-refractivity contribution < 1.29 is 14.6 Å². The van der Waals surface area contributed by atoms with E-state index >= 15 is 0 Å². The van der Waals surface area contributed by atoms with Crippen molar-refractivity contribution in [3.8, 4) is 0 Å². The van der Waals surface area contributed by atoms with Crippen LogP contribution in [0.15, 0.2) is 30.3 Å². The molecule has 2 rings (SSSR count). The fourth-order valence-electron chi connectivity index (χ4n) is 2.47. The first-order chi connectivity index (χ1) is 9.22. The van der Waals surface area contributed by atoms with Crippen molar-refractivity contribution in [2.24, 2.45) is 5.92 Å². The molecule has 0 aromatic heterocycles. The Morgan fingerprint density at radius 3 is 2.89 bits per heavy atom. The lowest BCUT2D eigenvalue weighted by Crippen LogP contribution is -2.37. The number of hydrogen-bond acceptors (Lipinski definition) is 3. The van der Waals surface area contributed by atoms with Crippen LogP contribution in [0.5, 0.6) is 0 Å². The summed E-state index contributed by atoms with van der Waals surface area (Å²) in [5.74, 6) is -0.0905. The third-order valence-corrected chi connectivity index (χ3v) is 3.60. The SMILES string of the molecule is CCC1OCCC1C(=O)NCC(O)c1ccccc1. The molecule has 19 heavy (non-hydrogen) atoms. The molecule has 0 bridgehead atoms. The average Bonchev–Trinajstić information content (AvgIpc) is 2.93. The molecule has 1 aliphatic rings. The zero-order valence-electron chi connectivity index (χ0n) is 11.2. The van der Waals surface area contributed by atoms with Crippen molar-refractivity contribution in [2.45, 2.75) is 32.0 Å². The normalized spacial score (nSPS) is 24.1. The van der Waals surface area contributed by atoms with Gasteiger partial charge in [-0.05, 0) is 18.4 Å². The highest BCUT2D eigenvalue weighted by Gasteiger charge is 2.32. The lowest BCUT2D eigenvalue weighted by Gasteiger charge is -2.18. The molecule has 0 aliphatic carbocycles. The molecule has 1 amide bonds. The van der Waals surface area contributed by atoms with Gasteiger partial charge in [-0.25, -0.2) is 0 Å². The van der Waals surface area contributed by atoms with Gasteiger partial charge in [0.15, 0.2) is 0 Å². The highest BCUT2D eigenvalue weighted by atomic mass is 16.5. The van der Waals surface area contributed by atoms with Gasteiger partial charge in [0.2, 0.25) is 5.91 Å². The molecule has 0 spiro atoms. The van der Waals surface area contributed by atoms with E-state index in [-0.39, 0.29) is 24.5 Å². The zero-order valence-corrected chi connectivity index (χ0v) is 11.2. The summed E-state index contributed by atoms with van der Waals surface area (Å²) in [5, 5.41) is 12.8. The Kier molecular flexibility index (Phi) is 4.93. The zero-order chi connectivity index (χ0) is 13.7. The van der Waals surface area contributed by atoms with Crippen LogP contribution in [0, 0.1) is 5.92 Å². The monoisotopic (exact) mass is 263 g/mol. The molecule has 1 aromatic carbocycles. The molecule has 2 N–H and O–H groups in total. The van der Waals surface area contributed by atoms with E-state index in [1.54, 1.807) is 0 Å². The van der Waals surface area contributed by atoms with Crippen molar-refractivity contribution in [1.82, 2.24) is 5.32 Å². The van der Waals surface area contributed by atoms with Gasteiger partial charge in [-0.2, -0.15) is 0 Å². The second kappa shape index (κ2) is 6.68. The van der Waals surface area contributed by atoms with Crippen LogP contribution in [0.2, 0.25) is 0 Å². The Bertz CT molecular complexity index is 407. The molecule has 1 fully saturated rings. The van der Waals surface area contributed by atoms with Crippen molar-refractivity contribution in [1.29, 1.82) is 0 Å². The van der Waals surface area contributed by atoms with Crippen LogP contribution in [0.4, 0.5) is 0 Å². The molecule has 1 aromatic rings. The van der Waals surface area contributed by atoms with Gasteiger partial charge in [-0.3, -0.25) is 4.79 Å². The van der Waals surface area contributed by atoms with Gasteiger partial charge in [-0.1, -0.05) is 37.3 Å². The minimum Gasteiger partial charge on any atom is -0.387 e. The minimum atomic E-state index is -0.660. The molecule has 3 atom stereocenters. The fourth-order valence-corrected chi connectivity index (χ4v) is 2.47. The van der Waals surface area contributed by atoms with Crippen LogP contribution < -0.4 is 5.32 Å². The van der Waals surface area contributed by atoms with Gasteiger partial charge in [-0.15, -0.1) is 0 Å². The van der Waals surface area contributed by atoms with Crippen molar-refractivity contribution in [2.75, 3.05) is 13.2 Å². The molecule has 0 radical (unpaired) electrons. The van der Waals surface area contributed by atoms with Crippen molar-refractivity contribution >= 4 is 5.91 Å². The van der Waals surface area contributed by atoms with E-state index in [9.17, 15) is 9.90 Å². The molecule has 104 valence electrons. The molecular formula is C15H21NO3. The van der Waals surface area contributed by atoms with E-state index in [0.717, 1.165) is 18.4 Å². The van der Waals surface area contributed by atoms with Crippen LogP contribution in [-0.4, -0.2) is 30.3 Å². The van der Waals surface area contributed by atoms with Gasteiger partial charge >= 0.3 is 0 Å². The van der Waals surface area contributed by atoms with Crippen LogP contribution in [0.3, 0.4) is 0 Å². The lowest BCUT2D eigenvalue weighted by atomic mass is 9.98. The number of benzene rings is 1. The Morgan fingerprint density at radius 1 is 1.47 bits per heavy atom. The Hall–Kier alpha value is -1.39. The summed E-state index contributed by atoms with van der Waals surface area (Å²) in [6.45, 7) is 2.92. The highest BCUT2D eigenvalue weighted by molar-refractivity contribution is 5.79. The molecule has 0 saturated carbocycles. The van der Waals surface area contributed by atoms with E-state index < -0.39 is 6.10 Å². The smallest absolute Gasteiger partial charge is 0.225 e. The second-order valence-electron chi connectivity index (χ2n) is 4.88. The fraction of sp³-hybridized carbons (Fsp3) is 0.533. The molecular weight excluding hydrogens is 242 g/mol. The first kappa shape index (κ1) is 14.0. The second-order valence-corrected chi connectivity index (χ2v) is 4.88. The number of amides is 1. The molecule has 1 heterocycles. The maximum absolute atomic E-state index is 12.0. The lowest BCUT2D eigenvalue weighted by molar-refractivity contribution is -0.127. The van der Waals surface area contributed by atoms with E-state index in [1.807, 2.05) is 37.3 Å². The van der Waals surface area contributed by atoms with E-state index in [4.69, 9.17) is 4.74 Å². The molecule has 4 heteroatoms. The van der Waals surface area contributed by atoms with Crippen LogP contribution in [0.1, 0.15) is 31.4 Å². The summed E-state index contributed by atoms with van der Waals surface area (Å²) < 4.78 is 5.50. The Morgan fingerprint density at radius 2 is 2.21 bits per heavy atom. The predicted molar refractivity (Wildman–Crippen MR) is 72.5 cm³/mol. The third-order valence-electron chi connectivity index (χ3n) is 3.60. The number of aliphatic hydroxyl groups is 1. The number of hydrogen-bond donors (Lipinski definition) is 2. The first-order valence-corrected chi connectivity index (χ1v) is 6.84. The third kappa shape index (κ3) is 3.55. The topological polar surface area (TPSA) is 58.6 Å². The summed E-state index contributed by atoms with van der Waals surface area (Å²) in [6, 6.07) is 9.35. The van der Waals surface area contributed by atoms with Gasteiger partial charge in [0.05, 0.1) is 18.1 Å². The average molecular weight is 263 g/mol. The van der Waals surface area contributed by atoms with Crippen LogP contribution in [-0.2, 0) is 9.53 Å². The van der Waals surface area contributed by atoms with Gasteiger partial charge in [0.1, 0.15) is 0 Å². The standard InChI is InChI=1S/C15H21NO3/c1-2-14-12(8-9-19-14)15(18)16-10-13(17)11-6-4-3-5-7-11/h3-7,12-14,17H,2,8-10H2,1H3,(H,16,18). The quantitative estimate of drug-likeness (QED) is 0.849. The maximum Gasteiger partial charge on any atom is 0.225 e. The number of aliphatic hydroxyl groups excluding tert-OH is 1. The first-order valence-electron chi connectivity index (χ1n) is 6.84. The summed E-state index contributed by atoms with van der Waals surface area (Å²) in [7, 11) is 0. The van der Waals surface area contributed by atoms with Gasteiger partial charge in [0, 0.05) is 13.2 Å². The van der Waals surface area contributed by atoms with E-state index in [1.165, 1.54) is 0 Å². The molecule has 3 unspecified atom stereocenters. The van der Waals surface area contributed by atoms with Gasteiger partial charge < -0.3 is 15.2 Å². The highest BCUT2D eigenvalue weighted by Crippen LogP contribution is 2.23. The number of nitrogens with one attached hydrogen (secondary N) is 1. The van der Waals surface area contributed by atoms with E-state index in [2.05, 4.69) is 5.32 Å². The predicted octanol–water partition coefficient (Wildman–Crippen LogP) is 1.65. The van der Waals surface area contributed by atoms with Crippen molar-refractivity contribution in [3.63, 3.8) is 0 Å². The summed E-state index contributed by atoms with van der Waals surface area (Å²) >= 11 is 0. The number of carbonyl (C=O) groups excluding carboxylic acids is 1. The summed E-state index contributed by atoms with van der Waals surface area (Å²) in [5.41, 5.74) is 0.817. The largest absolute Gasteiger partial charge is 0.387 e. The molecule has 1 saturated heterocycles. The maximum atomic E-state index is 12.0. The Balaban J connectivity index is 1.83. The van der Waals surface area contributed by atoms with E-state index in [0.29, 0.717) is 6.61 Å². The summed E-state index contributed by atoms with van der Waals surface area (Å²) in [4.78, 5) is 12.0. The van der Waals surface area contributed by atoms with Crippen LogP contribution >= 0.6 is 0 Å². The number of carbonyl (C=O) groups is 1. The van der Waals surface area contributed by atoms with Crippen LogP contribution in [0.25, 0.3) is 0 Å². The Labute approximate surface area is 113 Å². The van der Waals surface area contributed by atoms with Crippen molar-refractivity contribution in [3.05, 3.63) is 35.9 Å². The minimum absolute atomic E-state index is 0.0145. The number of ether oxygens (including phenoxy) is 1.